The fourth-order valence-corrected chi connectivity index (χ4v) is 2.65. The highest BCUT2D eigenvalue weighted by molar-refractivity contribution is 5.82. The van der Waals surface area contributed by atoms with E-state index >= 15 is 0 Å². The summed E-state index contributed by atoms with van der Waals surface area (Å²) in [4.78, 5) is 13.8. The van der Waals surface area contributed by atoms with Crippen LogP contribution in [0.3, 0.4) is 0 Å². The Morgan fingerprint density at radius 1 is 1.45 bits per heavy atom. The van der Waals surface area contributed by atoms with Gasteiger partial charge in [0.05, 0.1) is 5.41 Å². The van der Waals surface area contributed by atoms with Crippen LogP contribution in [-0.4, -0.2) is 36.1 Å². The lowest BCUT2D eigenvalue weighted by Gasteiger charge is -2.22. The molecule has 1 heterocycles. The molecule has 0 bridgehead atoms. The average Bonchev–Trinajstić information content (AvgIpc) is 2.77. The topological polar surface area (TPSA) is 52.6 Å². The van der Waals surface area contributed by atoms with E-state index < -0.39 is 22.8 Å². The van der Waals surface area contributed by atoms with Gasteiger partial charge in [-0.25, -0.2) is 8.78 Å². The third-order valence-corrected chi connectivity index (χ3v) is 3.81. The molecule has 1 unspecified atom stereocenters. The smallest absolute Gasteiger partial charge is 0.227 e. The first kappa shape index (κ1) is 14.7. The summed E-state index contributed by atoms with van der Waals surface area (Å²) in [5, 5.41) is 11.7. The number of carbonyl (C=O) groups is 1. The highest BCUT2D eigenvalue weighted by atomic mass is 19.1. The van der Waals surface area contributed by atoms with Gasteiger partial charge in [-0.15, -0.1) is 0 Å². The summed E-state index contributed by atoms with van der Waals surface area (Å²) in [7, 11) is 1.60. The lowest BCUT2D eigenvalue weighted by atomic mass is 9.89. The number of halogens is 2. The molecule has 0 aliphatic carbocycles. The molecule has 1 saturated heterocycles. The van der Waals surface area contributed by atoms with Crippen molar-refractivity contribution in [3.05, 3.63) is 29.3 Å². The van der Waals surface area contributed by atoms with Crippen molar-refractivity contribution in [1.29, 1.82) is 0 Å². The molecule has 1 aliphatic rings. The number of benzene rings is 1. The summed E-state index contributed by atoms with van der Waals surface area (Å²) in [6.07, 6.45) is 0.704. The second-order valence-corrected chi connectivity index (χ2v) is 5.51. The highest BCUT2D eigenvalue weighted by Gasteiger charge is 2.39. The fraction of sp³-hybridized carbons (Fsp3) is 0.500. The first-order valence-corrected chi connectivity index (χ1v) is 6.47. The summed E-state index contributed by atoms with van der Waals surface area (Å²) in [5.74, 6) is -2.91. The van der Waals surface area contributed by atoms with E-state index in [9.17, 15) is 13.6 Å². The van der Waals surface area contributed by atoms with Crippen molar-refractivity contribution in [3.63, 3.8) is 0 Å². The van der Waals surface area contributed by atoms with Crippen LogP contribution in [0.5, 0.6) is 5.75 Å². The molecule has 1 aliphatic heterocycles. The first-order valence-electron chi connectivity index (χ1n) is 6.47. The lowest BCUT2D eigenvalue weighted by Crippen LogP contribution is -2.39. The molecule has 0 aromatic heterocycles. The molecule has 1 amide bonds. The zero-order chi connectivity index (χ0) is 14.9. The van der Waals surface area contributed by atoms with Crippen LogP contribution < -0.4 is 5.32 Å². The van der Waals surface area contributed by atoms with Gasteiger partial charge >= 0.3 is 0 Å². The van der Waals surface area contributed by atoms with Crippen molar-refractivity contribution in [2.45, 2.75) is 19.9 Å². The number of nitrogens with one attached hydrogen (secondary N) is 1. The van der Waals surface area contributed by atoms with Crippen molar-refractivity contribution < 1.29 is 18.7 Å². The maximum absolute atomic E-state index is 13.3. The number of hydrogen-bond donors (Lipinski definition) is 2. The summed E-state index contributed by atoms with van der Waals surface area (Å²) in [5.41, 5.74) is -0.0260. The van der Waals surface area contributed by atoms with E-state index in [1.165, 1.54) is 0 Å². The van der Waals surface area contributed by atoms with Gasteiger partial charge in [0.1, 0.15) is 0 Å². The molecule has 2 rings (SSSR count). The van der Waals surface area contributed by atoms with E-state index in [4.69, 9.17) is 5.11 Å². The molecule has 2 N–H and O–H groups in total. The van der Waals surface area contributed by atoms with Gasteiger partial charge < -0.3 is 10.4 Å². The Balaban J connectivity index is 2.08. The van der Waals surface area contributed by atoms with E-state index in [-0.39, 0.29) is 5.91 Å². The predicted molar refractivity (Wildman–Crippen MR) is 70.1 cm³/mol. The summed E-state index contributed by atoms with van der Waals surface area (Å²) >= 11 is 0. The Labute approximate surface area is 116 Å². The van der Waals surface area contributed by atoms with Crippen molar-refractivity contribution >= 4 is 5.91 Å². The average molecular weight is 284 g/mol. The summed E-state index contributed by atoms with van der Waals surface area (Å²) in [6.45, 7) is 3.45. The Bertz CT molecular complexity index is 513. The van der Waals surface area contributed by atoms with Crippen LogP contribution in [0.4, 0.5) is 8.78 Å². The van der Waals surface area contributed by atoms with Crippen molar-refractivity contribution in [3.8, 4) is 5.75 Å². The van der Waals surface area contributed by atoms with Crippen LogP contribution in [0, 0.1) is 17.0 Å². The normalized spacial score (nSPS) is 23.0. The number of hydrogen-bond acceptors (Lipinski definition) is 3. The maximum Gasteiger partial charge on any atom is 0.227 e. The number of likely N-dealkylation sites (tertiary alicyclic amines) is 1. The van der Waals surface area contributed by atoms with Crippen molar-refractivity contribution in [2.24, 2.45) is 5.41 Å². The molecule has 1 atom stereocenters. The molecular formula is C14H18F2N2O2. The van der Waals surface area contributed by atoms with Crippen LogP contribution in [0.1, 0.15) is 18.9 Å². The zero-order valence-corrected chi connectivity index (χ0v) is 11.5. The van der Waals surface area contributed by atoms with Gasteiger partial charge in [0.15, 0.2) is 17.4 Å². The van der Waals surface area contributed by atoms with Crippen LogP contribution in [-0.2, 0) is 11.3 Å². The molecule has 1 aromatic rings. The Morgan fingerprint density at radius 2 is 2.05 bits per heavy atom. The molecule has 4 nitrogen and oxygen atoms in total. The van der Waals surface area contributed by atoms with Crippen molar-refractivity contribution in [1.82, 2.24) is 10.2 Å². The van der Waals surface area contributed by atoms with Gasteiger partial charge in [0.25, 0.3) is 0 Å². The molecule has 0 spiro atoms. The van der Waals surface area contributed by atoms with E-state index in [0.29, 0.717) is 31.6 Å². The van der Waals surface area contributed by atoms with E-state index in [1.807, 2.05) is 11.8 Å². The van der Waals surface area contributed by atoms with Gasteiger partial charge in [0.2, 0.25) is 5.91 Å². The van der Waals surface area contributed by atoms with E-state index in [1.54, 1.807) is 7.05 Å². The standard InChI is InChI=1S/C14H18F2N2O2/c1-14(13(20)17-2)3-4-18(8-14)7-9-5-10(15)12(19)11(16)6-9/h5-6,19H,3-4,7-8H2,1-2H3,(H,17,20). The van der Waals surface area contributed by atoms with Gasteiger partial charge in [0, 0.05) is 20.1 Å². The van der Waals surface area contributed by atoms with E-state index in [2.05, 4.69) is 5.32 Å². The number of amides is 1. The van der Waals surface area contributed by atoms with Gasteiger partial charge in [-0.2, -0.15) is 0 Å². The predicted octanol–water partition coefficient (Wildman–Crippen LogP) is 1.63. The molecule has 20 heavy (non-hydrogen) atoms. The number of nitrogens with zero attached hydrogens (tertiary/aromatic N) is 1. The van der Waals surface area contributed by atoms with E-state index in [0.717, 1.165) is 12.1 Å². The number of phenols is 1. The molecule has 0 radical (unpaired) electrons. The van der Waals surface area contributed by atoms with Crippen LogP contribution in [0.2, 0.25) is 0 Å². The third kappa shape index (κ3) is 2.75. The number of carbonyl (C=O) groups excluding carboxylic acids is 1. The second-order valence-electron chi connectivity index (χ2n) is 5.51. The number of phenolic OH excluding ortho intramolecular Hbond substituents is 1. The summed E-state index contributed by atoms with van der Waals surface area (Å²) < 4.78 is 26.6. The van der Waals surface area contributed by atoms with Crippen LogP contribution in [0.15, 0.2) is 12.1 Å². The van der Waals surface area contributed by atoms with Gasteiger partial charge in [-0.3, -0.25) is 9.69 Å². The highest BCUT2D eigenvalue weighted by Crippen LogP contribution is 2.31. The summed E-state index contributed by atoms with van der Waals surface area (Å²) in [6, 6.07) is 2.24. The van der Waals surface area contributed by atoms with Crippen LogP contribution >= 0.6 is 0 Å². The molecule has 1 fully saturated rings. The number of rotatable bonds is 3. The fourth-order valence-electron chi connectivity index (χ4n) is 2.65. The minimum absolute atomic E-state index is 0.0249. The van der Waals surface area contributed by atoms with Crippen molar-refractivity contribution in [2.75, 3.05) is 20.1 Å². The Morgan fingerprint density at radius 3 is 2.60 bits per heavy atom. The maximum atomic E-state index is 13.3. The molecule has 6 heteroatoms. The second kappa shape index (κ2) is 5.36. The minimum atomic E-state index is -0.965. The molecular weight excluding hydrogens is 266 g/mol. The Hall–Kier alpha value is -1.69. The Kier molecular flexibility index (Phi) is 3.94. The van der Waals surface area contributed by atoms with Gasteiger partial charge in [-0.05, 0) is 37.6 Å². The lowest BCUT2D eigenvalue weighted by molar-refractivity contribution is -0.129. The van der Waals surface area contributed by atoms with Gasteiger partial charge in [-0.1, -0.05) is 0 Å². The zero-order valence-electron chi connectivity index (χ0n) is 11.5. The SMILES string of the molecule is CNC(=O)C1(C)CCN(Cc2cc(F)c(O)c(F)c2)C1. The minimum Gasteiger partial charge on any atom is -0.503 e. The van der Waals surface area contributed by atoms with Crippen LogP contribution in [0.25, 0.3) is 0 Å². The largest absolute Gasteiger partial charge is 0.503 e. The monoisotopic (exact) mass is 284 g/mol. The molecule has 110 valence electrons. The number of aromatic hydroxyl groups is 1. The third-order valence-electron chi connectivity index (χ3n) is 3.81. The molecule has 0 saturated carbocycles. The first-order chi connectivity index (χ1) is 9.35. The molecule has 1 aromatic carbocycles. The quantitative estimate of drug-likeness (QED) is 0.887.